The van der Waals surface area contributed by atoms with Crippen LogP contribution in [0.15, 0.2) is 48.8 Å². The minimum Gasteiger partial charge on any atom is -0.394 e. The van der Waals surface area contributed by atoms with Crippen molar-refractivity contribution in [3.63, 3.8) is 0 Å². The second-order valence-electron chi connectivity index (χ2n) is 1.92. The van der Waals surface area contributed by atoms with Gasteiger partial charge >= 0.3 is 20.4 Å². The average molecular weight is 336 g/mol. The number of aromatic nitrogens is 2. The fourth-order valence-electron chi connectivity index (χ4n) is 0.555. The quantitative estimate of drug-likeness (QED) is 0.546. The van der Waals surface area contributed by atoms with Crippen LogP contribution in [0.2, 0.25) is 0 Å². The molecule has 0 fully saturated rings. The second kappa shape index (κ2) is 16.0. The minimum absolute atomic E-state index is 0. The van der Waals surface area contributed by atoms with Crippen molar-refractivity contribution >= 4 is 24.8 Å². The molecule has 0 spiro atoms. The molecule has 0 unspecified atom stereocenters. The summed E-state index contributed by atoms with van der Waals surface area (Å²) < 4.78 is 0. The third kappa shape index (κ3) is 13.5. The fraction of sp³-hybridized carbons (Fsp3) is 0. The molecular weight excluding hydrogens is 325 g/mol. The maximum absolute atomic E-state index is 3.66. The topological polar surface area (TPSA) is 25.8 Å². The van der Waals surface area contributed by atoms with E-state index >= 15 is 0 Å². The van der Waals surface area contributed by atoms with E-state index in [1.54, 1.807) is 24.5 Å². The summed E-state index contributed by atoms with van der Waals surface area (Å²) in [6.07, 6.45) is 8.67. The van der Waals surface area contributed by atoms with Crippen LogP contribution in [-0.2, 0) is 20.4 Å². The molecule has 2 aromatic heterocycles. The number of pyridine rings is 2. The van der Waals surface area contributed by atoms with Crippen molar-refractivity contribution in [1.29, 1.82) is 0 Å². The Morgan fingerprint density at radius 3 is 1.13 bits per heavy atom. The van der Waals surface area contributed by atoms with Crippen molar-refractivity contribution in [1.82, 2.24) is 9.97 Å². The van der Waals surface area contributed by atoms with Crippen molar-refractivity contribution in [3.05, 3.63) is 61.2 Å². The largest absolute Gasteiger partial charge is 2.00 e. The van der Waals surface area contributed by atoms with Gasteiger partial charge in [-0.3, -0.25) is 0 Å². The van der Waals surface area contributed by atoms with Gasteiger partial charge in [0, 0.05) is 0 Å². The first kappa shape index (κ1) is 20.0. The molecular formula is C10H10Cl2N2Pd. The summed E-state index contributed by atoms with van der Waals surface area (Å²) in [7, 11) is 0. The molecule has 0 aliphatic heterocycles. The molecule has 0 N–H and O–H groups in total. The zero-order valence-corrected chi connectivity index (χ0v) is 10.8. The van der Waals surface area contributed by atoms with E-state index in [1.807, 2.05) is 24.3 Å². The van der Waals surface area contributed by atoms with Crippen LogP contribution >= 0.6 is 24.8 Å². The number of hydrogen-bond acceptors (Lipinski definition) is 2. The molecule has 2 rings (SSSR count). The molecule has 0 aliphatic carbocycles. The van der Waals surface area contributed by atoms with Crippen molar-refractivity contribution in [2.24, 2.45) is 0 Å². The van der Waals surface area contributed by atoms with E-state index in [0.717, 1.165) is 0 Å². The monoisotopic (exact) mass is 334 g/mol. The van der Waals surface area contributed by atoms with Crippen LogP contribution in [0, 0.1) is 12.4 Å². The molecule has 2 heterocycles. The van der Waals surface area contributed by atoms with Gasteiger partial charge in [-0.05, 0) is 0 Å². The van der Waals surface area contributed by atoms with Crippen molar-refractivity contribution < 1.29 is 20.4 Å². The molecule has 2 nitrogen and oxygen atoms in total. The van der Waals surface area contributed by atoms with E-state index in [-0.39, 0.29) is 45.2 Å². The Hall–Kier alpha value is -0.458. The molecule has 0 aromatic carbocycles. The van der Waals surface area contributed by atoms with Crippen molar-refractivity contribution in [2.45, 2.75) is 0 Å². The van der Waals surface area contributed by atoms with Crippen LogP contribution in [0.1, 0.15) is 0 Å². The van der Waals surface area contributed by atoms with Gasteiger partial charge in [0.05, 0.1) is 0 Å². The maximum Gasteiger partial charge on any atom is 2.00 e. The van der Waals surface area contributed by atoms with Crippen LogP contribution in [0.25, 0.3) is 0 Å². The van der Waals surface area contributed by atoms with Gasteiger partial charge in [0.25, 0.3) is 0 Å². The Balaban J connectivity index is -0.000000160. The summed E-state index contributed by atoms with van der Waals surface area (Å²) in [6.45, 7) is 0. The molecule has 5 heteroatoms. The van der Waals surface area contributed by atoms with Crippen LogP contribution in [-0.4, -0.2) is 9.97 Å². The minimum atomic E-state index is 0. The molecule has 0 saturated heterocycles. The Kier molecular flexibility index (Phi) is 21.3. The second-order valence-corrected chi connectivity index (χ2v) is 1.92. The molecule has 0 bridgehead atoms. The van der Waals surface area contributed by atoms with Crippen LogP contribution in [0.4, 0.5) is 0 Å². The molecule has 0 aliphatic rings. The molecule has 0 radical (unpaired) electrons. The van der Waals surface area contributed by atoms with E-state index < -0.39 is 0 Å². The summed E-state index contributed by atoms with van der Waals surface area (Å²) in [6, 6.07) is 11.0. The van der Waals surface area contributed by atoms with Gasteiger partial charge in [0.2, 0.25) is 0 Å². The summed E-state index contributed by atoms with van der Waals surface area (Å²) >= 11 is 0. The van der Waals surface area contributed by atoms with Crippen molar-refractivity contribution in [3.8, 4) is 0 Å². The van der Waals surface area contributed by atoms with Gasteiger partial charge < -0.3 is 9.97 Å². The number of halogens is 2. The molecule has 84 valence electrons. The maximum atomic E-state index is 3.66. The van der Waals surface area contributed by atoms with Gasteiger partial charge in [-0.15, -0.1) is 24.8 Å². The van der Waals surface area contributed by atoms with Gasteiger partial charge in [-0.2, -0.15) is 36.4 Å². The van der Waals surface area contributed by atoms with Crippen LogP contribution in [0.5, 0.6) is 0 Å². The molecule has 0 saturated carbocycles. The number of hydrogen-bond donors (Lipinski definition) is 0. The Labute approximate surface area is 116 Å². The zero-order chi connectivity index (χ0) is 8.49. The Morgan fingerprint density at radius 2 is 1.07 bits per heavy atom. The van der Waals surface area contributed by atoms with Gasteiger partial charge in [0.15, 0.2) is 0 Å². The van der Waals surface area contributed by atoms with Gasteiger partial charge in [-0.1, -0.05) is 24.8 Å². The zero-order valence-electron chi connectivity index (χ0n) is 7.65. The molecule has 2 aromatic rings. The Bertz CT molecular complexity index is 197. The fourth-order valence-corrected chi connectivity index (χ4v) is 0.555. The van der Waals surface area contributed by atoms with E-state index in [1.165, 1.54) is 0 Å². The predicted octanol–water partition coefficient (Wildman–Crippen LogP) is 2.60. The predicted molar refractivity (Wildman–Crippen MR) is 60.6 cm³/mol. The number of nitrogens with zero attached hydrogens (tertiary/aromatic N) is 2. The molecule has 0 atom stereocenters. The first-order chi connectivity index (χ1) is 6.00. The normalized spacial score (nSPS) is 6.40. The first-order valence-corrected chi connectivity index (χ1v) is 3.54. The third-order valence-corrected chi connectivity index (χ3v) is 1.03. The van der Waals surface area contributed by atoms with Crippen LogP contribution in [0.3, 0.4) is 0 Å². The van der Waals surface area contributed by atoms with E-state index in [9.17, 15) is 0 Å². The SMILES string of the molecule is Cl.Cl.[Pd+2].[c-]1ccccn1.[c-]1ccccn1. The Morgan fingerprint density at radius 1 is 0.667 bits per heavy atom. The van der Waals surface area contributed by atoms with Gasteiger partial charge in [0.1, 0.15) is 0 Å². The summed E-state index contributed by atoms with van der Waals surface area (Å²) in [5, 5.41) is 0. The molecule has 0 amide bonds. The van der Waals surface area contributed by atoms with Crippen molar-refractivity contribution in [2.75, 3.05) is 0 Å². The van der Waals surface area contributed by atoms with Gasteiger partial charge in [-0.25, -0.2) is 0 Å². The number of rotatable bonds is 0. The first-order valence-electron chi connectivity index (χ1n) is 3.54. The molecule has 15 heavy (non-hydrogen) atoms. The van der Waals surface area contributed by atoms with E-state index in [4.69, 9.17) is 0 Å². The summed E-state index contributed by atoms with van der Waals surface area (Å²) in [5.41, 5.74) is 0. The summed E-state index contributed by atoms with van der Waals surface area (Å²) in [4.78, 5) is 7.32. The van der Waals surface area contributed by atoms with Crippen LogP contribution < -0.4 is 0 Å². The average Bonchev–Trinajstić information content (AvgIpc) is 2.24. The standard InChI is InChI=1S/2C5H4N.2ClH.Pd/c2*1-2-4-6-5-3-1;;;/h2*1-4H;2*1H;/q2*-1;;;+2. The van der Waals surface area contributed by atoms with E-state index in [2.05, 4.69) is 22.4 Å². The van der Waals surface area contributed by atoms with E-state index in [0.29, 0.717) is 0 Å². The third-order valence-electron chi connectivity index (χ3n) is 1.03. The smallest absolute Gasteiger partial charge is 0.394 e. The summed E-state index contributed by atoms with van der Waals surface area (Å²) in [5.74, 6) is 0.